The monoisotopic (exact) mass is 295 g/mol. The van der Waals surface area contributed by atoms with Gasteiger partial charge in [0.1, 0.15) is 19.6 Å². The minimum absolute atomic E-state index is 0.667. The van der Waals surface area contributed by atoms with Gasteiger partial charge >= 0.3 is 0 Å². The fourth-order valence-corrected chi connectivity index (χ4v) is 2.39. The van der Waals surface area contributed by atoms with Crippen molar-refractivity contribution in [2.45, 2.75) is 0 Å². The van der Waals surface area contributed by atoms with Crippen LogP contribution in [0.5, 0.6) is 0 Å². The molecule has 1 aliphatic heterocycles. The van der Waals surface area contributed by atoms with Crippen molar-refractivity contribution in [2.24, 2.45) is 0 Å². The molecule has 0 bridgehead atoms. The summed E-state index contributed by atoms with van der Waals surface area (Å²) in [6, 6.07) is 5.49. The highest BCUT2D eigenvalue weighted by atomic mass is 16.5. The molecule has 1 heterocycles. The van der Waals surface area contributed by atoms with Gasteiger partial charge in [0, 0.05) is 12.2 Å². The third kappa shape index (κ3) is 5.08. The molecule has 0 aromatic heterocycles. The van der Waals surface area contributed by atoms with Crippen LogP contribution in [0.1, 0.15) is 0 Å². The largest absolute Gasteiger partial charge is 0.399 e. The maximum absolute atomic E-state index is 5.88. The Hall–Kier alpha value is -1.50. The van der Waals surface area contributed by atoms with Gasteiger partial charge in [-0.1, -0.05) is 0 Å². The first kappa shape index (κ1) is 15.9. The molecule has 0 amide bonds. The Labute approximate surface area is 126 Å². The lowest BCUT2D eigenvalue weighted by Crippen LogP contribution is -2.53. The topological polar surface area (TPSA) is 82.5 Å². The van der Waals surface area contributed by atoms with Crippen molar-refractivity contribution >= 4 is 17.1 Å². The van der Waals surface area contributed by atoms with Gasteiger partial charge in [-0.15, -0.1) is 0 Å². The van der Waals surface area contributed by atoms with Crippen LogP contribution in [0.2, 0.25) is 0 Å². The van der Waals surface area contributed by atoms with Crippen LogP contribution in [-0.4, -0.2) is 64.1 Å². The number of quaternary nitrogens is 1. The molecule has 1 aromatic carbocycles. The van der Waals surface area contributed by atoms with E-state index in [9.17, 15) is 0 Å². The zero-order valence-corrected chi connectivity index (χ0v) is 12.8. The standard InChI is InChI=1S/C15H27N4O2/c1-19(6-10-21-11-7-19)5-9-20-8-4-18-15-3-2-13(16)12-14(15)17/h2-3,12,18H,4-11,16-17H2,1H3/q+1. The van der Waals surface area contributed by atoms with Crippen LogP contribution in [-0.2, 0) is 9.47 Å². The molecule has 1 fully saturated rings. The molecule has 21 heavy (non-hydrogen) atoms. The second-order valence-electron chi connectivity index (χ2n) is 5.79. The van der Waals surface area contributed by atoms with Gasteiger partial charge in [0.05, 0.1) is 44.8 Å². The van der Waals surface area contributed by atoms with E-state index in [1.165, 1.54) is 0 Å². The number of anilines is 3. The van der Waals surface area contributed by atoms with Gasteiger partial charge in [0.2, 0.25) is 0 Å². The van der Waals surface area contributed by atoms with Crippen molar-refractivity contribution in [1.29, 1.82) is 0 Å². The van der Waals surface area contributed by atoms with Crippen LogP contribution in [0.15, 0.2) is 18.2 Å². The molecule has 0 radical (unpaired) electrons. The van der Waals surface area contributed by atoms with E-state index in [1.54, 1.807) is 6.07 Å². The molecule has 0 spiro atoms. The fourth-order valence-electron chi connectivity index (χ4n) is 2.39. The van der Waals surface area contributed by atoms with E-state index in [4.69, 9.17) is 20.9 Å². The van der Waals surface area contributed by atoms with Crippen LogP contribution in [0.3, 0.4) is 0 Å². The molecule has 1 saturated heterocycles. The third-order valence-corrected chi connectivity index (χ3v) is 3.96. The molecule has 6 nitrogen and oxygen atoms in total. The van der Waals surface area contributed by atoms with Crippen molar-refractivity contribution in [3.8, 4) is 0 Å². The van der Waals surface area contributed by atoms with Crippen LogP contribution in [0, 0.1) is 0 Å². The summed E-state index contributed by atoms with van der Waals surface area (Å²) < 4.78 is 12.1. The van der Waals surface area contributed by atoms with Crippen molar-refractivity contribution in [1.82, 2.24) is 0 Å². The molecule has 118 valence electrons. The van der Waals surface area contributed by atoms with Crippen LogP contribution in [0.4, 0.5) is 17.1 Å². The molecule has 5 N–H and O–H groups in total. The summed E-state index contributed by atoms with van der Waals surface area (Å²) in [4.78, 5) is 0. The third-order valence-electron chi connectivity index (χ3n) is 3.96. The number of nitrogens with one attached hydrogen (secondary N) is 1. The highest BCUT2D eigenvalue weighted by molar-refractivity contribution is 5.70. The first-order chi connectivity index (χ1) is 10.1. The van der Waals surface area contributed by atoms with Gasteiger partial charge in [0.15, 0.2) is 0 Å². The number of likely N-dealkylation sites (N-methyl/N-ethyl adjacent to an activating group) is 1. The minimum atomic E-state index is 0.667. The van der Waals surface area contributed by atoms with Crippen molar-refractivity contribution in [3.05, 3.63) is 18.2 Å². The second kappa shape index (κ2) is 7.49. The molecule has 0 atom stereocenters. The molecular formula is C15H27N4O2+. The van der Waals surface area contributed by atoms with Gasteiger partial charge < -0.3 is 30.7 Å². The van der Waals surface area contributed by atoms with Gasteiger partial charge in [0.25, 0.3) is 0 Å². The number of benzene rings is 1. The molecule has 1 aliphatic rings. The van der Waals surface area contributed by atoms with E-state index >= 15 is 0 Å². The number of hydrogen-bond donors (Lipinski definition) is 3. The predicted octanol–water partition coefficient (Wildman–Crippen LogP) is 0.756. The van der Waals surface area contributed by atoms with E-state index in [-0.39, 0.29) is 0 Å². The van der Waals surface area contributed by atoms with Gasteiger partial charge in [-0.2, -0.15) is 0 Å². The number of hydrogen-bond acceptors (Lipinski definition) is 5. The van der Waals surface area contributed by atoms with Gasteiger partial charge in [-0.3, -0.25) is 0 Å². The Bertz CT molecular complexity index is 447. The average molecular weight is 295 g/mol. The summed E-state index contributed by atoms with van der Waals surface area (Å²) in [5.41, 5.74) is 13.8. The first-order valence-electron chi connectivity index (χ1n) is 7.47. The van der Waals surface area contributed by atoms with E-state index in [1.807, 2.05) is 12.1 Å². The number of ether oxygens (including phenoxy) is 2. The van der Waals surface area contributed by atoms with E-state index in [0.717, 1.165) is 56.2 Å². The quantitative estimate of drug-likeness (QED) is 0.393. The lowest BCUT2D eigenvalue weighted by atomic mass is 10.2. The SMILES string of the molecule is C[N+]1(CCOCCNc2ccc(N)cc2N)CCOCC1. The average Bonchev–Trinajstić information content (AvgIpc) is 2.45. The zero-order valence-electron chi connectivity index (χ0n) is 12.8. The van der Waals surface area contributed by atoms with E-state index in [2.05, 4.69) is 12.4 Å². The molecule has 6 heteroatoms. The van der Waals surface area contributed by atoms with E-state index < -0.39 is 0 Å². The Morgan fingerprint density at radius 1 is 1.24 bits per heavy atom. The van der Waals surface area contributed by atoms with Crippen LogP contribution in [0.25, 0.3) is 0 Å². The molecule has 0 unspecified atom stereocenters. The highest BCUT2D eigenvalue weighted by Crippen LogP contribution is 2.20. The van der Waals surface area contributed by atoms with Gasteiger partial charge in [-0.05, 0) is 18.2 Å². The minimum Gasteiger partial charge on any atom is -0.399 e. The number of morpholine rings is 1. The van der Waals surface area contributed by atoms with Crippen molar-refractivity contribution < 1.29 is 14.0 Å². The summed E-state index contributed by atoms with van der Waals surface area (Å²) in [6.45, 7) is 7.07. The molecule has 1 aromatic rings. The maximum Gasteiger partial charge on any atom is 0.102 e. The second-order valence-corrected chi connectivity index (χ2v) is 5.79. The maximum atomic E-state index is 5.88. The summed E-state index contributed by atoms with van der Waals surface area (Å²) in [6.07, 6.45) is 0. The smallest absolute Gasteiger partial charge is 0.102 e. The fraction of sp³-hybridized carbons (Fsp3) is 0.600. The van der Waals surface area contributed by atoms with Crippen LogP contribution >= 0.6 is 0 Å². The molecular weight excluding hydrogens is 268 g/mol. The van der Waals surface area contributed by atoms with Crippen molar-refractivity contribution in [2.75, 3.05) is 76.4 Å². The normalized spacial score (nSPS) is 17.6. The Balaban J connectivity index is 1.59. The van der Waals surface area contributed by atoms with Gasteiger partial charge in [-0.25, -0.2) is 0 Å². The Morgan fingerprint density at radius 3 is 2.71 bits per heavy atom. The molecule has 2 rings (SSSR count). The predicted molar refractivity (Wildman–Crippen MR) is 86.2 cm³/mol. The number of nitrogens with zero attached hydrogens (tertiary/aromatic N) is 1. The number of rotatable bonds is 7. The number of nitrogen functional groups attached to an aromatic ring is 2. The van der Waals surface area contributed by atoms with E-state index in [0.29, 0.717) is 18.0 Å². The van der Waals surface area contributed by atoms with Crippen LogP contribution < -0.4 is 16.8 Å². The summed E-state index contributed by atoms with van der Waals surface area (Å²) in [7, 11) is 2.26. The highest BCUT2D eigenvalue weighted by Gasteiger charge is 2.24. The Morgan fingerprint density at radius 2 is 2.00 bits per heavy atom. The summed E-state index contributed by atoms with van der Waals surface area (Å²) >= 11 is 0. The summed E-state index contributed by atoms with van der Waals surface area (Å²) in [5.74, 6) is 0. The molecule has 0 saturated carbocycles. The lowest BCUT2D eigenvalue weighted by molar-refractivity contribution is -0.917. The molecule has 0 aliphatic carbocycles. The first-order valence-corrected chi connectivity index (χ1v) is 7.47. The summed E-state index contributed by atoms with van der Waals surface area (Å²) in [5, 5.41) is 3.26. The Kier molecular flexibility index (Phi) is 5.67. The zero-order chi connectivity index (χ0) is 15.1. The lowest BCUT2D eigenvalue weighted by Gasteiger charge is -2.37. The number of nitrogens with two attached hydrogens (primary N) is 2. The van der Waals surface area contributed by atoms with Crippen molar-refractivity contribution in [3.63, 3.8) is 0 Å².